The van der Waals surface area contributed by atoms with Gasteiger partial charge in [0.05, 0.1) is 24.2 Å². The molecule has 1 aromatic rings. The topological polar surface area (TPSA) is 76.1 Å². The summed E-state index contributed by atoms with van der Waals surface area (Å²) in [5, 5.41) is 9.49. The summed E-state index contributed by atoms with van der Waals surface area (Å²) in [4.78, 5) is 0.177. The second-order valence-electron chi connectivity index (χ2n) is 4.96. The van der Waals surface area contributed by atoms with Gasteiger partial charge in [0.15, 0.2) is 11.5 Å². The number of fused-ring (bicyclic) bond motifs is 1. The van der Waals surface area contributed by atoms with E-state index in [2.05, 4.69) is 0 Å². The predicted octanol–water partition coefficient (Wildman–Crippen LogP) is 0.603. The van der Waals surface area contributed by atoms with Crippen LogP contribution in [0.2, 0.25) is 0 Å². The Morgan fingerprint density at radius 1 is 1.20 bits per heavy atom. The SMILES string of the molecule is O=S(=O)(c1ccc2c(c1)OCCCO2)N1CCC(O)C1. The van der Waals surface area contributed by atoms with E-state index in [1.807, 2.05) is 0 Å². The van der Waals surface area contributed by atoms with Crippen molar-refractivity contribution in [3.05, 3.63) is 18.2 Å². The molecule has 1 unspecified atom stereocenters. The zero-order valence-corrected chi connectivity index (χ0v) is 11.8. The summed E-state index contributed by atoms with van der Waals surface area (Å²) in [6, 6.07) is 4.65. The lowest BCUT2D eigenvalue weighted by atomic mass is 10.3. The number of benzene rings is 1. The average Bonchev–Trinajstić information content (AvgIpc) is 2.74. The third kappa shape index (κ3) is 2.48. The lowest BCUT2D eigenvalue weighted by Gasteiger charge is -2.17. The van der Waals surface area contributed by atoms with Crippen LogP contribution in [-0.4, -0.2) is 50.2 Å². The lowest BCUT2D eigenvalue weighted by Crippen LogP contribution is -2.29. The van der Waals surface area contributed by atoms with E-state index in [1.54, 1.807) is 6.07 Å². The molecule has 0 amide bonds. The molecule has 2 aliphatic heterocycles. The Balaban J connectivity index is 1.92. The van der Waals surface area contributed by atoms with E-state index < -0.39 is 16.1 Å². The normalized spacial score (nSPS) is 23.6. The third-order valence-electron chi connectivity index (χ3n) is 3.48. The maximum Gasteiger partial charge on any atom is 0.243 e. The predicted molar refractivity (Wildman–Crippen MR) is 71.4 cm³/mol. The monoisotopic (exact) mass is 299 g/mol. The van der Waals surface area contributed by atoms with Gasteiger partial charge in [-0.05, 0) is 18.6 Å². The van der Waals surface area contributed by atoms with E-state index >= 15 is 0 Å². The van der Waals surface area contributed by atoms with Crippen LogP contribution in [0, 0.1) is 0 Å². The Labute approximate surface area is 118 Å². The second-order valence-corrected chi connectivity index (χ2v) is 6.90. The zero-order valence-electron chi connectivity index (χ0n) is 11.0. The Morgan fingerprint density at radius 2 is 1.95 bits per heavy atom. The molecule has 1 aromatic carbocycles. The Hall–Kier alpha value is -1.31. The van der Waals surface area contributed by atoms with Crippen molar-refractivity contribution in [1.29, 1.82) is 0 Å². The Bertz CT molecular complexity index is 601. The minimum atomic E-state index is -3.58. The van der Waals surface area contributed by atoms with Crippen LogP contribution in [0.25, 0.3) is 0 Å². The number of β-amino-alcohol motifs (C(OH)–C–C–N with tert-alkyl or cyclic N) is 1. The Morgan fingerprint density at radius 3 is 2.65 bits per heavy atom. The van der Waals surface area contributed by atoms with E-state index in [0.29, 0.717) is 37.7 Å². The molecule has 2 aliphatic rings. The van der Waals surface area contributed by atoms with Crippen molar-refractivity contribution in [3.8, 4) is 11.5 Å². The van der Waals surface area contributed by atoms with Crippen LogP contribution in [-0.2, 0) is 10.0 Å². The fourth-order valence-corrected chi connectivity index (χ4v) is 3.89. The van der Waals surface area contributed by atoms with Crippen LogP contribution in [0.1, 0.15) is 12.8 Å². The first-order chi connectivity index (χ1) is 9.57. The molecule has 0 bridgehead atoms. The second kappa shape index (κ2) is 5.23. The van der Waals surface area contributed by atoms with Crippen LogP contribution in [0.15, 0.2) is 23.1 Å². The van der Waals surface area contributed by atoms with Gasteiger partial charge in [0.25, 0.3) is 0 Å². The van der Waals surface area contributed by atoms with Crippen LogP contribution >= 0.6 is 0 Å². The molecule has 7 heteroatoms. The molecule has 1 fully saturated rings. The quantitative estimate of drug-likeness (QED) is 0.865. The first-order valence-electron chi connectivity index (χ1n) is 6.65. The summed E-state index contributed by atoms with van der Waals surface area (Å²) in [6.07, 6.45) is 0.670. The van der Waals surface area contributed by atoms with Gasteiger partial charge in [-0.2, -0.15) is 4.31 Å². The number of hydrogen-bond donors (Lipinski definition) is 1. The van der Waals surface area contributed by atoms with E-state index in [-0.39, 0.29) is 11.4 Å². The largest absolute Gasteiger partial charge is 0.490 e. The fourth-order valence-electron chi connectivity index (χ4n) is 2.38. The molecular formula is C13H17NO5S. The van der Waals surface area contributed by atoms with Gasteiger partial charge >= 0.3 is 0 Å². The molecule has 6 nitrogen and oxygen atoms in total. The number of rotatable bonds is 2. The van der Waals surface area contributed by atoms with Crippen LogP contribution < -0.4 is 9.47 Å². The Kier molecular flexibility index (Phi) is 3.57. The summed E-state index contributed by atoms with van der Waals surface area (Å²) in [5.74, 6) is 1.03. The van der Waals surface area contributed by atoms with Crippen molar-refractivity contribution in [2.75, 3.05) is 26.3 Å². The van der Waals surface area contributed by atoms with Gasteiger partial charge in [0, 0.05) is 25.6 Å². The molecule has 2 heterocycles. The molecule has 1 atom stereocenters. The third-order valence-corrected chi connectivity index (χ3v) is 5.34. The van der Waals surface area contributed by atoms with Gasteiger partial charge in [-0.3, -0.25) is 0 Å². The summed E-state index contributed by atoms with van der Waals surface area (Å²) >= 11 is 0. The van der Waals surface area contributed by atoms with E-state index in [0.717, 1.165) is 6.42 Å². The molecule has 3 rings (SSSR count). The molecule has 0 spiro atoms. The van der Waals surface area contributed by atoms with Crippen molar-refractivity contribution in [2.24, 2.45) is 0 Å². The minimum absolute atomic E-state index is 0.150. The van der Waals surface area contributed by atoms with Gasteiger partial charge in [-0.25, -0.2) is 8.42 Å². The number of aliphatic hydroxyl groups is 1. The molecule has 20 heavy (non-hydrogen) atoms. The van der Waals surface area contributed by atoms with Crippen molar-refractivity contribution in [2.45, 2.75) is 23.8 Å². The summed E-state index contributed by atoms with van der Waals surface area (Å²) in [5.41, 5.74) is 0. The summed E-state index contributed by atoms with van der Waals surface area (Å²) < 4.78 is 37.2. The van der Waals surface area contributed by atoms with Gasteiger partial charge < -0.3 is 14.6 Å². The molecule has 0 aromatic heterocycles. The highest BCUT2D eigenvalue weighted by Crippen LogP contribution is 2.33. The van der Waals surface area contributed by atoms with Gasteiger partial charge in [-0.1, -0.05) is 0 Å². The smallest absolute Gasteiger partial charge is 0.243 e. The van der Waals surface area contributed by atoms with Crippen LogP contribution in [0.3, 0.4) is 0 Å². The first kappa shape index (κ1) is 13.7. The molecule has 0 aliphatic carbocycles. The van der Waals surface area contributed by atoms with Crippen LogP contribution in [0.5, 0.6) is 11.5 Å². The minimum Gasteiger partial charge on any atom is -0.490 e. The molecule has 0 saturated carbocycles. The number of hydrogen-bond acceptors (Lipinski definition) is 5. The van der Waals surface area contributed by atoms with E-state index in [1.165, 1.54) is 16.4 Å². The zero-order chi connectivity index (χ0) is 14.2. The highest BCUT2D eigenvalue weighted by atomic mass is 32.2. The molecule has 0 radical (unpaired) electrons. The summed E-state index contributed by atoms with van der Waals surface area (Å²) in [6.45, 7) is 1.57. The maximum absolute atomic E-state index is 12.5. The highest BCUT2D eigenvalue weighted by Gasteiger charge is 2.32. The van der Waals surface area contributed by atoms with Gasteiger partial charge in [-0.15, -0.1) is 0 Å². The maximum atomic E-state index is 12.5. The molecular weight excluding hydrogens is 282 g/mol. The van der Waals surface area contributed by atoms with Crippen molar-refractivity contribution < 1.29 is 23.0 Å². The lowest BCUT2D eigenvalue weighted by molar-refractivity contribution is 0.189. The van der Waals surface area contributed by atoms with Crippen molar-refractivity contribution in [3.63, 3.8) is 0 Å². The summed E-state index contributed by atoms with van der Waals surface area (Å²) in [7, 11) is -3.58. The molecule has 110 valence electrons. The number of nitrogens with zero attached hydrogens (tertiary/aromatic N) is 1. The van der Waals surface area contributed by atoms with Crippen molar-refractivity contribution >= 4 is 10.0 Å². The van der Waals surface area contributed by atoms with Crippen LogP contribution in [0.4, 0.5) is 0 Å². The number of ether oxygens (including phenoxy) is 2. The number of aliphatic hydroxyl groups excluding tert-OH is 1. The molecule has 1 N–H and O–H groups in total. The van der Waals surface area contributed by atoms with Gasteiger partial charge in [0.2, 0.25) is 10.0 Å². The highest BCUT2D eigenvalue weighted by molar-refractivity contribution is 7.89. The standard InChI is InChI=1S/C13H17NO5S/c15-10-4-5-14(9-10)20(16,17)11-2-3-12-13(8-11)19-7-1-6-18-12/h2-3,8,10,15H,1,4-7,9H2. The molecule has 1 saturated heterocycles. The average molecular weight is 299 g/mol. The fraction of sp³-hybridized carbons (Fsp3) is 0.538. The van der Waals surface area contributed by atoms with E-state index in [9.17, 15) is 13.5 Å². The first-order valence-corrected chi connectivity index (χ1v) is 8.09. The van der Waals surface area contributed by atoms with Gasteiger partial charge in [0.1, 0.15) is 0 Å². The van der Waals surface area contributed by atoms with E-state index in [4.69, 9.17) is 9.47 Å². The van der Waals surface area contributed by atoms with Crippen molar-refractivity contribution in [1.82, 2.24) is 4.31 Å². The number of sulfonamides is 1.